The molecule has 0 aliphatic heterocycles. The second-order valence-corrected chi connectivity index (χ2v) is 1.26. The first-order valence-corrected chi connectivity index (χ1v) is 2.36. The molecule has 0 bridgehead atoms. The average Bonchev–Trinajstić information content (AvgIpc) is 1.69. The molecule has 0 spiro atoms. The predicted molar refractivity (Wildman–Crippen MR) is 27.8 cm³/mol. The van der Waals surface area contributed by atoms with E-state index in [-0.39, 0.29) is 31.0 Å². The smallest absolute Gasteiger partial charge is 1.00 e. The molecule has 8 heavy (non-hydrogen) atoms. The van der Waals surface area contributed by atoms with E-state index >= 15 is 0 Å². The number of rotatable bonds is 4. The van der Waals surface area contributed by atoms with E-state index in [4.69, 9.17) is 0 Å². The second kappa shape index (κ2) is 10.4. The summed E-state index contributed by atoms with van der Waals surface area (Å²) in [7, 11) is 0. The number of hydrogen-bond acceptors (Lipinski definition) is 3. The summed E-state index contributed by atoms with van der Waals surface area (Å²) < 4.78 is 0. The van der Waals surface area contributed by atoms with Gasteiger partial charge in [-0.3, -0.25) is 0 Å². The zero-order chi connectivity index (χ0) is 5.54. The molecule has 0 aromatic carbocycles. The minimum atomic E-state index is 0. The van der Waals surface area contributed by atoms with Gasteiger partial charge in [-0.15, -0.1) is 4.91 Å². The van der Waals surface area contributed by atoms with Crippen LogP contribution in [0.2, 0.25) is 0 Å². The molecule has 0 fully saturated rings. The van der Waals surface area contributed by atoms with E-state index in [9.17, 15) is 4.91 Å². The molecule has 0 atom stereocenters. The third-order valence-electron chi connectivity index (χ3n) is 0.642. The maximum Gasteiger partial charge on any atom is 1.00 e. The Bertz CT molecular complexity index is 55.8. The van der Waals surface area contributed by atoms with Gasteiger partial charge in [-0.1, -0.05) is 13.3 Å². The Morgan fingerprint density at radius 1 is 1.75 bits per heavy atom. The van der Waals surface area contributed by atoms with Crippen molar-refractivity contribution in [2.45, 2.75) is 19.8 Å². The monoisotopic (exact) mass is 127 g/mol. The normalized spacial score (nSPS) is 7.12. The minimum Gasteiger partial charge on any atom is -1.00 e. The van der Waals surface area contributed by atoms with Crippen LogP contribution in [0, 0.1) is 4.91 Å². The van der Waals surface area contributed by atoms with Crippen molar-refractivity contribution < 1.29 is 35.8 Å². The van der Waals surface area contributed by atoms with Gasteiger partial charge < -0.3 is 6.26 Å². The molecule has 0 aromatic rings. The molecule has 0 aromatic heterocycles. The number of hydrogen-bond donors (Lipinski definition) is 0. The van der Waals surface area contributed by atoms with Crippen molar-refractivity contribution in [2.75, 3.05) is 6.61 Å². The van der Waals surface area contributed by atoms with Crippen molar-refractivity contribution in [3.05, 3.63) is 4.91 Å². The molecule has 0 saturated carbocycles. The molecule has 44 valence electrons. The van der Waals surface area contributed by atoms with Crippen LogP contribution < -0.4 is 29.6 Å². The van der Waals surface area contributed by atoms with E-state index in [1.807, 2.05) is 6.92 Å². The molecule has 0 unspecified atom stereocenters. The maximum atomic E-state index is 9.21. The van der Waals surface area contributed by atoms with Crippen LogP contribution in [0.25, 0.3) is 0 Å². The molecule has 4 heteroatoms. The van der Waals surface area contributed by atoms with Gasteiger partial charge in [-0.05, 0) is 6.42 Å². The summed E-state index contributed by atoms with van der Waals surface area (Å²) in [6.45, 7) is 2.48. The third kappa shape index (κ3) is 9.64. The molecule has 0 amide bonds. The first-order chi connectivity index (χ1) is 3.41. The number of unbranched alkanes of at least 4 members (excludes halogenated alkanes) is 1. The summed E-state index contributed by atoms with van der Waals surface area (Å²) in [5, 5.41) is 2.22. The fourth-order valence-corrected chi connectivity index (χ4v) is 0.246. The average molecular weight is 127 g/mol. The molecule has 0 aliphatic rings. The number of nitrogens with zero attached hydrogens (tertiary/aromatic N) is 1. The predicted octanol–water partition coefficient (Wildman–Crippen LogP) is -1.40. The fourth-order valence-electron chi connectivity index (χ4n) is 0.246. The van der Waals surface area contributed by atoms with Gasteiger partial charge in [0.15, 0.2) is 5.34 Å². The van der Waals surface area contributed by atoms with Crippen LogP contribution in [0.1, 0.15) is 21.2 Å². The molecule has 3 nitrogen and oxygen atoms in total. The summed E-state index contributed by atoms with van der Waals surface area (Å²) in [4.78, 5) is 13.4. The van der Waals surface area contributed by atoms with E-state index in [0.29, 0.717) is 6.61 Å². The third-order valence-corrected chi connectivity index (χ3v) is 0.642. The first kappa shape index (κ1) is 11.2. The molecular weight excluding hydrogens is 117 g/mol. The second-order valence-electron chi connectivity index (χ2n) is 1.26. The minimum absolute atomic E-state index is 0. The van der Waals surface area contributed by atoms with Gasteiger partial charge in [-0.2, -0.15) is 0 Å². The van der Waals surface area contributed by atoms with Crippen LogP contribution in [0.3, 0.4) is 0 Å². The van der Waals surface area contributed by atoms with Gasteiger partial charge in [0.2, 0.25) is 0 Å². The summed E-state index contributed by atoms with van der Waals surface area (Å²) >= 11 is 0. The quantitative estimate of drug-likeness (QED) is 0.202. The Morgan fingerprint density at radius 3 is 2.75 bits per heavy atom. The molecule has 0 rings (SSSR count). The molecule has 0 heterocycles. The van der Waals surface area contributed by atoms with Crippen LogP contribution in [0.15, 0.2) is 5.34 Å². The van der Waals surface area contributed by atoms with Crippen molar-refractivity contribution in [1.29, 1.82) is 0 Å². The van der Waals surface area contributed by atoms with E-state index in [0.717, 1.165) is 12.8 Å². The van der Waals surface area contributed by atoms with Crippen molar-refractivity contribution in [3.63, 3.8) is 0 Å². The van der Waals surface area contributed by atoms with Gasteiger partial charge in [0, 0.05) is 0 Å². The largest absolute Gasteiger partial charge is 1.00 e. The summed E-state index contributed by atoms with van der Waals surface area (Å²) in [6, 6.07) is 0. The Labute approximate surface area is 72.5 Å². The van der Waals surface area contributed by atoms with E-state index < -0.39 is 0 Å². The zero-order valence-corrected chi connectivity index (χ0v) is 7.39. The van der Waals surface area contributed by atoms with Crippen molar-refractivity contribution in [1.82, 2.24) is 0 Å². The topological polar surface area (TPSA) is 38.7 Å². The van der Waals surface area contributed by atoms with E-state index in [1.54, 1.807) is 0 Å². The van der Waals surface area contributed by atoms with Crippen LogP contribution in [0.4, 0.5) is 0 Å². The standard InChI is InChI=1S/C4H9NO2.Na.H/c1-2-3-4-7-5-6;;/h2-4H2,1H3;;/q;+1;-1. The Hall–Kier alpha value is 0.400. The SMILES string of the molecule is CCCCON=O.[H-].[Na+]. The summed E-state index contributed by atoms with van der Waals surface area (Å²) in [6.07, 6.45) is 1.95. The van der Waals surface area contributed by atoms with Gasteiger partial charge in [0.1, 0.15) is 6.61 Å². The van der Waals surface area contributed by atoms with Crippen molar-refractivity contribution in [3.8, 4) is 0 Å². The van der Waals surface area contributed by atoms with Crippen LogP contribution in [-0.4, -0.2) is 6.61 Å². The van der Waals surface area contributed by atoms with Crippen molar-refractivity contribution in [2.24, 2.45) is 5.34 Å². The van der Waals surface area contributed by atoms with Crippen LogP contribution in [-0.2, 0) is 4.84 Å². The van der Waals surface area contributed by atoms with E-state index in [2.05, 4.69) is 10.2 Å². The summed E-state index contributed by atoms with van der Waals surface area (Å²) in [5.74, 6) is 0. The molecule has 0 aliphatic carbocycles. The fraction of sp³-hybridized carbons (Fsp3) is 1.00. The van der Waals surface area contributed by atoms with Gasteiger partial charge in [0.25, 0.3) is 0 Å². The molecular formula is C4H10NNaO2. The summed E-state index contributed by atoms with van der Waals surface area (Å²) in [5.41, 5.74) is 0. The maximum absolute atomic E-state index is 9.21. The Balaban J connectivity index is -0.000000180. The van der Waals surface area contributed by atoms with E-state index in [1.165, 1.54) is 0 Å². The van der Waals surface area contributed by atoms with Crippen molar-refractivity contribution >= 4 is 0 Å². The molecule has 0 radical (unpaired) electrons. The zero-order valence-electron chi connectivity index (χ0n) is 6.39. The Kier molecular flexibility index (Phi) is 14.6. The van der Waals surface area contributed by atoms with Gasteiger partial charge in [0.05, 0.1) is 0 Å². The molecule has 0 N–H and O–H groups in total. The Morgan fingerprint density at radius 2 is 2.38 bits per heavy atom. The van der Waals surface area contributed by atoms with Gasteiger partial charge >= 0.3 is 29.6 Å². The van der Waals surface area contributed by atoms with Crippen LogP contribution in [0.5, 0.6) is 0 Å². The first-order valence-electron chi connectivity index (χ1n) is 2.36. The van der Waals surface area contributed by atoms with Gasteiger partial charge in [-0.25, -0.2) is 0 Å². The molecule has 0 saturated heterocycles. The van der Waals surface area contributed by atoms with Crippen LogP contribution >= 0.6 is 0 Å².